The van der Waals surface area contributed by atoms with E-state index in [4.69, 9.17) is 21.4 Å². The van der Waals surface area contributed by atoms with Crippen molar-refractivity contribution in [3.63, 3.8) is 0 Å². The van der Waals surface area contributed by atoms with Crippen molar-refractivity contribution in [1.82, 2.24) is 10.2 Å². The molecule has 1 amide bonds. The average molecular weight is 329 g/mol. The lowest BCUT2D eigenvalue weighted by atomic mass is 10.2. The van der Waals surface area contributed by atoms with Crippen LogP contribution < -0.4 is 10.1 Å². The van der Waals surface area contributed by atoms with Crippen LogP contribution in [0.1, 0.15) is 19.4 Å². The van der Waals surface area contributed by atoms with E-state index < -0.39 is 5.97 Å². The molecule has 2 N–H and O–H groups in total. The number of hydrogen-bond acceptors (Lipinski definition) is 4. The van der Waals surface area contributed by atoms with Crippen LogP contribution in [0.25, 0.3) is 0 Å². The topological polar surface area (TPSA) is 78.9 Å². The van der Waals surface area contributed by atoms with Crippen molar-refractivity contribution in [2.75, 3.05) is 20.2 Å². The Labute approximate surface area is 135 Å². The van der Waals surface area contributed by atoms with Crippen LogP contribution in [0, 0.1) is 0 Å². The van der Waals surface area contributed by atoms with Gasteiger partial charge in [-0.2, -0.15) is 0 Å². The van der Waals surface area contributed by atoms with Crippen molar-refractivity contribution >= 4 is 23.5 Å². The predicted molar refractivity (Wildman–Crippen MR) is 84.2 cm³/mol. The maximum Gasteiger partial charge on any atom is 0.317 e. The summed E-state index contributed by atoms with van der Waals surface area (Å²) in [5.74, 6) is -0.578. The molecule has 0 atom stereocenters. The van der Waals surface area contributed by atoms with Crippen LogP contribution in [0.4, 0.5) is 0 Å². The molecule has 0 radical (unpaired) electrons. The molecule has 0 bridgehead atoms. The lowest BCUT2D eigenvalue weighted by Crippen LogP contribution is -2.43. The van der Waals surface area contributed by atoms with Crippen molar-refractivity contribution in [3.05, 3.63) is 28.8 Å². The number of carbonyl (C=O) groups excluding carboxylic acids is 1. The number of methoxy groups -OCH3 is 1. The predicted octanol–water partition coefficient (Wildman–Crippen LogP) is 1.76. The van der Waals surface area contributed by atoms with Crippen LogP contribution in [-0.2, 0) is 16.1 Å². The number of carboxylic acid groups (broad SMARTS) is 1. The molecule has 0 spiro atoms. The molecule has 122 valence electrons. The molecule has 0 fully saturated rings. The summed E-state index contributed by atoms with van der Waals surface area (Å²) < 4.78 is 5.21. The third kappa shape index (κ3) is 5.91. The Morgan fingerprint density at radius 3 is 2.59 bits per heavy atom. The molecule has 6 nitrogen and oxygen atoms in total. The van der Waals surface area contributed by atoms with Gasteiger partial charge in [0.15, 0.2) is 0 Å². The van der Waals surface area contributed by atoms with E-state index in [0.29, 0.717) is 10.8 Å². The molecule has 7 heteroatoms. The van der Waals surface area contributed by atoms with E-state index >= 15 is 0 Å². The Hall–Kier alpha value is -1.79. The highest BCUT2D eigenvalue weighted by atomic mass is 35.5. The molecule has 1 rings (SSSR count). The molecule has 0 heterocycles. The van der Waals surface area contributed by atoms with E-state index in [0.717, 1.165) is 5.56 Å². The fourth-order valence-electron chi connectivity index (χ4n) is 1.91. The fourth-order valence-corrected chi connectivity index (χ4v) is 2.11. The third-order valence-corrected chi connectivity index (χ3v) is 3.37. The third-order valence-electron chi connectivity index (χ3n) is 3.13. The number of rotatable bonds is 8. The van der Waals surface area contributed by atoms with Gasteiger partial charge in [-0.05, 0) is 32.0 Å². The molecule has 1 aromatic rings. The first-order valence-electron chi connectivity index (χ1n) is 6.88. The molecule has 0 aliphatic carbocycles. The van der Waals surface area contributed by atoms with Gasteiger partial charge < -0.3 is 15.2 Å². The van der Waals surface area contributed by atoms with E-state index in [1.807, 2.05) is 13.8 Å². The second-order valence-corrected chi connectivity index (χ2v) is 5.56. The van der Waals surface area contributed by atoms with Crippen LogP contribution in [0.5, 0.6) is 5.75 Å². The van der Waals surface area contributed by atoms with Gasteiger partial charge in [-0.15, -0.1) is 0 Å². The number of benzene rings is 1. The van der Waals surface area contributed by atoms with Gasteiger partial charge in [0.05, 0.1) is 20.2 Å². The molecule has 0 aliphatic heterocycles. The summed E-state index contributed by atoms with van der Waals surface area (Å²) in [4.78, 5) is 24.3. The van der Waals surface area contributed by atoms with Gasteiger partial charge >= 0.3 is 5.97 Å². The first kappa shape index (κ1) is 18.3. The zero-order chi connectivity index (χ0) is 16.7. The highest BCUT2D eigenvalue weighted by Crippen LogP contribution is 2.22. The lowest BCUT2D eigenvalue weighted by molar-refractivity contribution is -0.139. The standard InChI is InChI=1S/C15H21ClN2O4/c1-10(2)18(9-15(20)21)8-14(19)17-7-11-6-12(16)4-5-13(11)22-3/h4-6,10H,7-9H2,1-3H3,(H,17,19)(H,20,21). The first-order chi connectivity index (χ1) is 10.3. The number of hydrogen-bond donors (Lipinski definition) is 2. The van der Waals surface area contributed by atoms with Crippen molar-refractivity contribution in [1.29, 1.82) is 0 Å². The molecular formula is C15H21ClN2O4. The van der Waals surface area contributed by atoms with Gasteiger partial charge in [0.25, 0.3) is 0 Å². The van der Waals surface area contributed by atoms with Gasteiger partial charge in [0.1, 0.15) is 5.75 Å². The molecule has 0 aromatic heterocycles. The van der Waals surface area contributed by atoms with E-state index in [1.165, 1.54) is 0 Å². The van der Waals surface area contributed by atoms with Gasteiger partial charge in [-0.3, -0.25) is 14.5 Å². The second-order valence-electron chi connectivity index (χ2n) is 5.13. The number of carbonyl (C=O) groups is 2. The molecule has 22 heavy (non-hydrogen) atoms. The maximum atomic E-state index is 12.0. The smallest absolute Gasteiger partial charge is 0.317 e. The van der Waals surface area contributed by atoms with E-state index in [2.05, 4.69) is 5.32 Å². The summed E-state index contributed by atoms with van der Waals surface area (Å²) in [7, 11) is 1.54. The Bertz CT molecular complexity index is 534. The summed E-state index contributed by atoms with van der Waals surface area (Å²) >= 11 is 5.93. The largest absolute Gasteiger partial charge is 0.496 e. The van der Waals surface area contributed by atoms with Crippen LogP contribution in [0.3, 0.4) is 0 Å². The number of amides is 1. The summed E-state index contributed by atoms with van der Waals surface area (Å²) in [6, 6.07) is 5.12. The number of aliphatic carboxylic acids is 1. The molecular weight excluding hydrogens is 308 g/mol. The molecule has 1 aromatic carbocycles. The maximum absolute atomic E-state index is 12.0. The van der Waals surface area contributed by atoms with Crippen LogP contribution >= 0.6 is 11.6 Å². The molecule has 0 saturated heterocycles. The van der Waals surface area contributed by atoms with Gasteiger partial charge in [-0.1, -0.05) is 11.6 Å². The van der Waals surface area contributed by atoms with E-state index in [9.17, 15) is 9.59 Å². The Morgan fingerprint density at radius 2 is 2.05 bits per heavy atom. The van der Waals surface area contributed by atoms with Crippen molar-refractivity contribution in [2.24, 2.45) is 0 Å². The number of halogens is 1. The minimum atomic E-state index is -0.960. The minimum Gasteiger partial charge on any atom is -0.496 e. The Balaban J connectivity index is 2.62. The molecule has 0 aliphatic rings. The first-order valence-corrected chi connectivity index (χ1v) is 7.26. The fraction of sp³-hybridized carbons (Fsp3) is 0.467. The lowest BCUT2D eigenvalue weighted by Gasteiger charge is -2.23. The zero-order valence-electron chi connectivity index (χ0n) is 12.9. The molecule has 0 saturated carbocycles. The van der Waals surface area contributed by atoms with Crippen molar-refractivity contribution < 1.29 is 19.4 Å². The summed E-state index contributed by atoms with van der Waals surface area (Å²) in [5, 5.41) is 12.2. The van der Waals surface area contributed by atoms with E-state index in [1.54, 1.807) is 30.2 Å². The monoisotopic (exact) mass is 328 g/mol. The normalized spacial score (nSPS) is 10.8. The summed E-state index contributed by atoms with van der Waals surface area (Å²) in [5.41, 5.74) is 0.762. The number of nitrogens with zero attached hydrogens (tertiary/aromatic N) is 1. The van der Waals surface area contributed by atoms with Crippen molar-refractivity contribution in [3.8, 4) is 5.75 Å². The van der Waals surface area contributed by atoms with Gasteiger partial charge in [0, 0.05) is 23.2 Å². The Kier molecular flexibility index (Phi) is 7.14. The van der Waals surface area contributed by atoms with Crippen LogP contribution in [0.2, 0.25) is 5.02 Å². The Morgan fingerprint density at radius 1 is 1.36 bits per heavy atom. The van der Waals surface area contributed by atoms with E-state index in [-0.39, 0.29) is 31.6 Å². The molecule has 0 unspecified atom stereocenters. The van der Waals surface area contributed by atoms with Crippen LogP contribution in [0.15, 0.2) is 18.2 Å². The summed E-state index contributed by atoms with van der Waals surface area (Å²) in [6.07, 6.45) is 0. The SMILES string of the molecule is COc1ccc(Cl)cc1CNC(=O)CN(CC(=O)O)C(C)C. The summed E-state index contributed by atoms with van der Waals surface area (Å²) in [6.45, 7) is 3.80. The van der Waals surface area contributed by atoms with Crippen molar-refractivity contribution in [2.45, 2.75) is 26.4 Å². The minimum absolute atomic E-state index is 0.0207. The second kappa shape index (κ2) is 8.60. The zero-order valence-corrected chi connectivity index (χ0v) is 13.7. The van der Waals surface area contributed by atoms with Crippen LogP contribution in [-0.4, -0.2) is 48.1 Å². The number of carboxylic acids is 1. The number of ether oxygens (including phenoxy) is 1. The highest BCUT2D eigenvalue weighted by Gasteiger charge is 2.17. The quantitative estimate of drug-likeness (QED) is 0.760. The highest BCUT2D eigenvalue weighted by molar-refractivity contribution is 6.30. The number of nitrogens with one attached hydrogen (secondary N) is 1. The van der Waals surface area contributed by atoms with Gasteiger partial charge in [0.2, 0.25) is 5.91 Å². The van der Waals surface area contributed by atoms with Gasteiger partial charge in [-0.25, -0.2) is 0 Å². The average Bonchev–Trinajstić information content (AvgIpc) is 2.44.